The second-order valence-corrected chi connectivity index (χ2v) is 15.4. The molecule has 0 aliphatic rings. The van der Waals surface area contributed by atoms with Crippen LogP contribution < -0.4 is 5.73 Å². The zero-order chi connectivity index (χ0) is 40.0. The Bertz CT molecular complexity index is 1110. The molecule has 54 heavy (non-hydrogen) atoms. The maximum absolute atomic E-state index is 12.5. The molecule has 0 rings (SSSR count). The lowest BCUT2D eigenvalue weighted by Gasteiger charge is -2.19. The highest BCUT2D eigenvalue weighted by atomic mass is 31.2. The van der Waals surface area contributed by atoms with E-state index in [0.29, 0.717) is 0 Å². The van der Waals surface area contributed by atoms with Gasteiger partial charge in [0, 0.05) is 12.2 Å². The summed E-state index contributed by atoms with van der Waals surface area (Å²) in [5, 5.41) is 8.86. The van der Waals surface area contributed by atoms with Crippen molar-refractivity contribution in [1.82, 2.24) is 0 Å². The third-order valence-corrected chi connectivity index (χ3v) is 9.71. The first-order chi connectivity index (χ1) is 26.1. The number of carboxylic acid groups (broad SMARTS) is 1. The molecule has 0 amide bonds. The summed E-state index contributed by atoms with van der Waals surface area (Å²) in [6.45, 7) is 2.56. The Balaban J connectivity index is 4.61. The normalized spacial score (nSPS) is 14.3. The lowest BCUT2D eigenvalue weighted by molar-refractivity contribution is -0.154. The zero-order valence-corrected chi connectivity index (χ0v) is 34.4. The molecule has 312 valence electrons. The van der Waals surface area contributed by atoms with Crippen molar-refractivity contribution in [2.24, 2.45) is 5.73 Å². The number of rotatable bonds is 38. The lowest BCUT2D eigenvalue weighted by atomic mass is 10.1. The van der Waals surface area contributed by atoms with E-state index in [0.717, 1.165) is 32.1 Å². The van der Waals surface area contributed by atoms with Crippen LogP contribution in [0.4, 0.5) is 0 Å². The second-order valence-electron chi connectivity index (χ2n) is 13.9. The number of hydrogen-bond donors (Lipinski definition) is 3. The summed E-state index contributed by atoms with van der Waals surface area (Å²) < 4.78 is 32.2. The van der Waals surface area contributed by atoms with Crippen molar-refractivity contribution in [2.75, 3.05) is 19.8 Å². The molecule has 0 aliphatic heterocycles. The van der Waals surface area contributed by atoms with Gasteiger partial charge in [0.15, 0.2) is 6.10 Å². The Hall–Kier alpha value is -2.56. The van der Waals surface area contributed by atoms with Gasteiger partial charge in [0.2, 0.25) is 0 Å². The van der Waals surface area contributed by atoms with Crippen LogP contribution in [0.15, 0.2) is 48.6 Å². The maximum atomic E-state index is 12.5. The summed E-state index contributed by atoms with van der Waals surface area (Å²) in [4.78, 5) is 45.6. The van der Waals surface area contributed by atoms with Crippen molar-refractivity contribution in [3.63, 3.8) is 0 Å². The van der Waals surface area contributed by atoms with Gasteiger partial charge in [-0.3, -0.25) is 13.8 Å². The number of allylic oxidation sites excluding steroid dienone is 6. The van der Waals surface area contributed by atoms with Gasteiger partial charge in [-0.1, -0.05) is 179 Å². The van der Waals surface area contributed by atoms with Crippen LogP contribution in [0.3, 0.4) is 0 Å². The number of carbonyl (C=O) groups is 3. The van der Waals surface area contributed by atoms with Gasteiger partial charge < -0.3 is 25.2 Å². The number of esters is 2. The van der Waals surface area contributed by atoms with Crippen LogP contribution in [0, 0.1) is 0 Å². The number of carboxylic acids is 1. The zero-order valence-electron chi connectivity index (χ0n) is 33.6. The third-order valence-electron chi connectivity index (χ3n) is 8.76. The molecule has 0 saturated heterocycles. The Labute approximate surface area is 326 Å². The fraction of sp³-hybridized carbons (Fsp3) is 0.738. The van der Waals surface area contributed by atoms with Crippen LogP contribution >= 0.6 is 7.82 Å². The molecule has 0 radical (unpaired) electrons. The SMILES string of the molecule is CCCCCCCCCCCCC/C=C/C=C/C(=O)OC[C@H](COP(=O)(O)OC[C@H](N)C(=O)O)OC(=O)/C=C/C=C/CCCCCCCCCCCCC. The topological polar surface area (TPSA) is 172 Å². The van der Waals surface area contributed by atoms with E-state index in [1.165, 1.54) is 140 Å². The molecule has 4 N–H and O–H groups in total. The average molecular weight is 784 g/mol. The Kier molecular flexibility index (Phi) is 35.6. The van der Waals surface area contributed by atoms with E-state index in [1.807, 2.05) is 12.2 Å². The van der Waals surface area contributed by atoms with E-state index in [1.54, 1.807) is 18.2 Å². The van der Waals surface area contributed by atoms with Crippen molar-refractivity contribution >= 4 is 25.7 Å². The van der Waals surface area contributed by atoms with Crippen LogP contribution in [-0.2, 0) is 37.5 Å². The van der Waals surface area contributed by atoms with Crippen molar-refractivity contribution in [2.45, 2.75) is 180 Å². The van der Waals surface area contributed by atoms with Gasteiger partial charge in [0.05, 0.1) is 13.2 Å². The van der Waals surface area contributed by atoms with E-state index in [9.17, 15) is 23.8 Å². The van der Waals surface area contributed by atoms with E-state index in [2.05, 4.69) is 18.4 Å². The first kappa shape index (κ1) is 51.4. The Morgan fingerprint density at radius 3 is 1.39 bits per heavy atom. The van der Waals surface area contributed by atoms with Gasteiger partial charge in [-0.25, -0.2) is 14.2 Å². The highest BCUT2D eigenvalue weighted by Crippen LogP contribution is 2.43. The molecule has 0 heterocycles. The van der Waals surface area contributed by atoms with Crippen molar-refractivity contribution in [1.29, 1.82) is 0 Å². The van der Waals surface area contributed by atoms with E-state index < -0.39 is 57.7 Å². The number of phosphoric ester groups is 1. The van der Waals surface area contributed by atoms with Crippen LogP contribution in [0.2, 0.25) is 0 Å². The number of unbranched alkanes of at least 4 members (excludes halogenated alkanes) is 22. The third kappa shape index (κ3) is 36.4. The molecule has 0 spiro atoms. The van der Waals surface area contributed by atoms with Crippen molar-refractivity contribution in [3.8, 4) is 0 Å². The molecular formula is C42H74NO10P. The first-order valence-electron chi connectivity index (χ1n) is 20.7. The Morgan fingerprint density at radius 2 is 0.963 bits per heavy atom. The van der Waals surface area contributed by atoms with Crippen molar-refractivity contribution < 1.29 is 47.5 Å². The highest BCUT2D eigenvalue weighted by molar-refractivity contribution is 7.47. The maximum Gasteiger partial charge on any atom is 0.472 e. The van der Waals surface area contributed by atoms with E-state index in [4.69, 9.17) is 24.8 Å². The fourth-order valence-corrected chi connectivity index (χ4v) is 6.25. The van der Waals surface area contributed by atoms with Crippen LogP contribution in [-0.4, -0.2) is 59.9 Å². The van der Waals surface area contributed by atoms with Gasteiger partial charge in [-0.2, -0.15) is 0 Å². The molecule has 0 saturated carbocycles. The summed E-state index contributed by atoms with van der Waals surface area (Å²) in [6.07, 6.45) is 41.6. The monoisotopic (exact) mass is 784 g/mol. The van der Waals surface area contributed by atoms with Crippen LogP contribution in [0.25, 0.3) is 0 Å². The van der Waals surface area contributed by atoms with Crippen molar-refractivity contribution in [3.05, 3.63) is 48.6 Å². The molecule has 0 bridgehead atoms. The van der Waals surface area contributed by atoms with Gasteiger partial charge in [-0.05, 0) is 25.7 Å². The number of nitrogens with two attached hydrogens (primary N) is 1. The molecule has 0 aromatic carbocycles. The number of carbonyl (C=O) groups excluding carboxylic acids is 2. The summed E-state index contributed by atoms with van der Waals surface area (Å²) in [5.41, 5.74) is 5.31. The molecule has 1 unspecified atom stereocenters. The molecule has 3 atom stereocenters. The number of ether oxygens (including phenoxy) is 2. The molecule has 0 aliphatic carbocycles. The predicted molar refractivity (Wildman–Crippen MR) is 217 cm³/mol. The van der Waals surface area contributed by atoms with Crippen LogP contribution in [0.1, 0.15) is 168 Å². The van der Waals surface area contributed by atoms with Gasteiger partial charge in [0.1, 0.15) is 12.6 Å². The van der Waals surface area contributed by atoms with E-state index in [-0.39, 0.29) is 0 Å². The molecule has 0 aromatic rings. The second kappa shape index (κ2) is 37.4. The summed E-state index contributed by atoms with van der Waals surface area (Å²) in [5.74, 6) is -2.90. The molecule has 11 nitrogen and oxygen atoms in total. The number of phosphoric acid groups is 1. The van der Waals surface area contributed by atoms with Gasteiger partial charge >= 0.3 is 25.7 Å². The smallest absolute Gasteiger partial charge is 0.472 e. The summed E-state index contributed by atoms with van der Waals surface area (Å²) >= 11 is 0. The largest absolute Gasteiger partial charge is 0.480 e. The van der Waals surface area contributed by atoms with Crippen LogP contribution in [0.5, 0.6) is 0 Å². The highest BCUT2D eigenvalue weighted by Gasteiger charge is 2.27. The lowest BCUT2D eigenvalue weighted by Crippen LogP contribution is -2.34. The van der Waals surface area contributed by atoms with Gasteiger partial charge in [0.25, 0.3) is 0 Å². The molecule has 0 fully saturated rings. The number of hydrogen-bond acceptors (Lipinski definition) is 9. The molecular weight excluding hydrogens is 709 g/mol. The molecule has 12 heteroatoms. The minimum Gasteiger partial charge on any atom is -0.480 e. The number of aliphatic carboxylic acids is 1. The minimum atomic E-state index is -4.76. The Morgan fingerprint density at radius 1 is 0.574 bits per heavy atom. The average Bonchev–Trinajstić information content (AvgIpc) is 3.14. The predicted octanol–water partition coefficient (Wildman–Crippen LogP) is 10.6. The fourth-order valence-electron chi connectivity index (χ4n) is 5.47. The quantitative estimate of drug-likeness (QED) is 0.0179. The van der Waals surface area contributed by atoms with E-state index >= 15 is 0 Å². The molecule has 0 aromatic heterocycles. The standard InChI is InChI=1S/C42H74NO10P/c1-3-5-7-9-11-13-15-17-19-21-23-25-27-29-31-33-40(44)50-35-38(36-51-54(48,49)52-37-39(43)42(46)47)53-41(45)34-32-30-28-26-24-22-20-18-16-14-12-10-8-6-4-2/h27-34,38-39H,3-26,35-37,43H2,1-2H3,(H,46,47)(H,48,49)/b29-27+,30-28+,33-31+,34-32+/t38-,39+/m1/s1. The first-order valence-corrected chi connectivity index (χ1v) is 22.2. The summed E-state index contributed by atoms with van der Waals surface area (Å²) in [7, 11) is -4.76. The van der Waals surface area contributed by atoms with Gasteiger partial charge in [-0.15, -0.1) is 0 Å². The summed E-state index contributed by atoms with van der Waals surface area (Å²) in [6, 6.07) is -1.54. The minimum absolute atomic E-state index is 0.464.